The van der Waals surface area contributed by atoms with Crippen LogP contribution < -0.4 is 15.4 Å². The van der Waals surface area contributed by atoms with Crippen molar-refractivity contribution in [3.63, 3.8) is 0 Å². The van der Waals surface area contributed by atoms with Gasteiger partial charge >= 0.3 is 0 Å². The molecule has 0 aliphatic heterocycles. The highest BCUT2D eigenvalue weighted by molar-refractivity contribution is 7.88. The van der Waals surface area contributed by atoms with E-state index >= 15 is 0 Å². The normalized spacial score (nSPS) is 13.4. The Kier molecular flexibility index (Phi) is 8.11. The number of nitrogens with one attached hydrogen (secondary N) is 3. The standard InChI is InChI=1S/C10H23N3O3S/c1-4-9(2)13-10(14)8-11-6-5-7-12-17(3,15)16/h9,11-12H,4-8H2,1-3H3,(H,13,14). The van der Waals surface area contributed by atoms with E-state index < -0.39 is 10.0 Å². The van der Waals surface area contributed by atoms with E-state index in [9.17, 15) is 13.2 Å². The summed E-state index contributed by atoms with van der Waals surface area (Å²) < 4.78 is 23.8. The number of rotatable bonds is 9. The van der Waals surface area contributed by atoms with E-state index in [-0.39, 0.29) is 18.5 Å². The largest absolute Gasteiger partial charge is 0.353 e. The molecule has 0 rings (SSSR count). The van der Waals surface area contributed by atoms with Gasteiger partial charge in [-0.3, -0.25) is 4.79 Å². The van der Waals surface area contributed by atoms with Crippen LogP contribution >= 0.6 is 0 Å². The SMILES string of the molecule is CCC(C)NC(=O)CNCCCNS(C)(=O)=O. The molecule has 1 amide bonds. The van der Waals surface area contributed by atoms with Crippen LogP contribution in [-0.2, 0) is 14.8 Å². The fraction of sp³-hybridized carbons (Fsp3) is 0.900. The zero-order chi connectivity index (χ0) is 13.3. The number of carbonyl (C=O) groups is 1. The predicted molar refractivity (Wildman–Crippen MR) is 68.2 cm³/mol. The Balaban J connectivity index is 3.43. The third-order valence-electron chi connectivity index (χ3n) is 2.20. The summed E-state index contributed by atoms with van der Waals surface area (Å²) in [6.07, 6.45) is 2.69. The lowest BCUT2D eigenvalue weighted by Gasteiger charge is -2.11. The second kappa shape index (κ2) is 8.43. The Morgan fingerprint density at radius 1 is 1.29 bits per heavy atom. The van der Waals surface area contributed by atoms with Gasteiger partial charge in [-0.1, -0.05) is 6.92 Å². The van der Waals surface area contributed by atoms with E-state index in [4.69, 9.17) is 0 Å². The van der Waals surface area contributed by atoms with Gasteiger partial charge in [-0.2, -0.15) is 0 Å². The smallest absolute Gasteiger partial charge is 0.234 e. The number of sulfonamides is 1. The van der Waals surface area contributed by atoms with Gasteiger partial charge < -0.3 is 10.6 Å². The molecule has 0 saturated carbocycles. The lowest BCUT2D eigenvalue weighted by molar-refractivity contribution is -0.120. The fourth-order valence-corrected chi connectivity index (χ4v) is 1.62. The second-order valence-corrected chi connectivity index (χ2v) is 5.91. The van der Waals surface area contributed by atoms with Crippen molar-refractivity contribution in [2.75, 3.05) is 25.9 Å². The molecule has 1 unspecified atom stereocenters. The Morgan fingerprint density at radius 3 is 2.47 bits per heavy atom. The van der Waals surface area contributed by atoms with Crippen LogP contribution in [0.2, 0.25) is 0 Å². The molecule has 0 saturated heterocycles. The van der Waals surface area contributed by atoms with Crippen molar-refractivity contribution in [3.8, 4) is 0 Å². The van der Waals surface area contributed by atoms with Gasteiger partial charge in [0, 0.05) is 12.6 Å². The highest BCUT2D eigenvalue weighted by Crippen LogP contribution is 1.86. The first-order valence-corrected chi connectivity index (χ1v) is 7.69. The molecule has 0 bridgehead atoms. The van der Waals surface area contributed by atoms with Crippen LogP contribution in [0.5, 0.6) is 0 Å². The van der Waals surface area contributed by atoms with Crippen LogP contribution in [0.1, 0.15) is 26.7 Å². The van der Waals surface area contributed by atoms with Crippen LogP contribution in [-0.4, -0.2) is 46.3 Å². The second-order valence-electron chi connectivity index (χ2n) is 4.07. The van der Waals surface area contributed by atoms with E-state index in [0.717, 1.165) is 12.7 Å². The highest BCUT2D eigenvalue weighted by Gasteiger charge is 2.04. The molecule has 3 N–H and O–H groups in total. The fourth-order valence-electron chi connectivity index (χ4n) is 1.10. The molecule has 0 aliphatic carbocycles. The summed E-state index contributed by atoms with van der Waals surface area (Å²) in [4.78, 5) is 11.3. The minimum absolute atomic E-state index is 0.0320. The molecule has 0 radical (unpaired) electrons. The molecular weight excluding hydrogens is 242 g/mol. The molecule has 7 heteroatoms. The van der Waals surface area contributed by atoms with E-state index in [1.54, 1.807) is 0 Å². The lowest BCUT2D eigenvalue weighted by Crippen LogP contribution is -2.39. The minimum atomic E-state index is -3.10. The van der Waals surface area contributed by atoms with Crippen molar-refractivity contribution < 1.29 is 13.2 Å². The van der Waals surface area contributed by atoms with Crippen LogP contribution in [0.15, 0.2) is 0 Å². The summed E-state index contributed by atoms with van der Waals surface area (Å²) in [5.74, 6) is -0.0320. The molecule has 102 valence electrons. The average Bonchev–Trinajstić information content (AvgIpc) is 2.21. The zero-order valence-corrected chi connectivity index (χ0v) is 11.6. The summed E-state index contributed by atoms with van der Waals surface area (Å²) in [6.45, 7) is 5.22. The number of hydrogen-bond acceptors (Lipinski definition) is 4. The van der Waals surface area contributed by atoms with Gasteiger partial charge in [0.15, 0.2) is 0 Å². The van der Waals surface area contributed by atoms with Crippen molar-refractivity contribution in [1.82, 2.24) is 15.4 Å². The van der Waals surface area contributed by atoms with Crippen LogP contribution in [0.4, 0.5) is 0 Å². The maximum Gasteiger partial charge on any atom is 0.234 e. The number of amides is 1. The molecule has 0 aliphatic rings. The molecule has 1 atom stereocenters. The molecule has 0 heterocycles. The Hall–Kier alpha value is -0.660. The van der Waals surface area contributed by atoms with Gasteiger partial charge in [0.05, 0.1) is 12.8 Å². The highest BCUT2D eigenvalue weighted by atomic mass is 32.2. The van der Waals surface area contributed by atoms with Crippen LogP contribution in [0, 0.1) is 0 Å². The maximum atomic E-state index is 11.3. The topological polar surface area (TPSA) is 87.3 Å². The molecular formula is C10H23N3O3S. The van der Waals surface area contributed by atoms with Gasteiger partial charge in [0.1, 0.15) is 0 Å². The third-order valence-corrected chi connectivity index (χ3v) is 2.93. The monoisotopic (exact) mass is 265 g/mol. The van der Waals surface area contributed by atoms with E-state index in [1.807, 2.05) is 13.8 Å². The first-order chi connectivity index (χ1) is 7.85. The quantitative estimate of drug-likeness (QED) is 0.487. The zero-order valence-electron chi connectivity index (χ0n) is 10.7. The molecule has 6 nitrogen and oxygen atoms in total. The molecule has 17 heavy (non-hydrogen) atoms. The Morgan fingerprint density at radius 2 is 1.94 bits per heavy atom. The van der Waals surface area contributed by atoms with E-state index in [2.05, 4.69) is 15.4 Å². The first-order valence-electron chi connectivity index (χ1n) is 5.80. The summed E-state index contributed by atoms with van der Waals surface area (Å²) in [7, 11) is -3.10. The van der Waals surface area contributed by atoms with E-state index in [0.29, 0.717) is 19.5 Å². The van der Waals surface area contributed by atoms with Crippen molar-refractivity contribution in [1.29, 1.82) is 0 Å². The number of hydrogen-bond donors (Lipinski definition) is 3. The van der Waals surface area contributed by atoms with Gasteiger partial charge in [-0.25, -0.2) is 13.1 Å². The van der Waals surface area contributed by atoms with Crippen molar-refractivity contribution in [2.24, 2.45) is 0 Å². The van der Waals surface area contributed by atoms with E-state index in [1.165, 1.54) is 0 Å². The van der Waals surface area contributed by atoms with Gasteiger partial charge in [-0.05, 0) is 26.3 Å². The van der Waals surface area contributed by atoms with Crippen molar-refractivity contribution in [3.05, 3.63) is 0 Å². The predicted octanol–water partition coefficient (Wildman–Crippen LogP) is -0.570. The summed E-state index contributed by atoms with van der Waals surface area (Å²) in [5.41, 5.74) is 0. The van der Waals surface area contributed by atoms with Gasteiger partial charge in [-0.15, -0.1) is 0 Å². The molecule has 0 aromatic carbocycles. The Bertz CT molecular complexity index is 317. The summed E-state index contributed by atoms with van der Waals surface area (Å²) >= 11 is 0. The van der Waals surface area contributed by atoms with Crippen molar-refractivity contribution >= 4 is 15.9 Å². The number of carbonyl (C=O) groups excluding carboxylic acids is 1. The van der Waals surface area contributed by atoms with Crippen LogP contribution in [0.3, 0.4) is 0 Å². The summed E-state index contributed by atoms with van der Waals surface area (Å²) in [5, 5.41) is 5.79. The molecule has 0 aromatic heterocycles. The van der Waals surface area contributed by atoms with Gasteiger partial charge in [0.25, 0.3) is 0 Å². The first kappa shape index (κ1) is 16.3. The van der Waals surface area contributed by atoms with Crippen molar-refractivity contribution in [2.45, 2.75) is 32.7 Å². The average molecular weight is 265 g/mol. The lowest BCUT2D eigenvalue weighted by atomic mass is 10.2. The molecule has 0 aromatic rings. The van der Waals surface area contributed by atoms with Gasteiger partial charge in [0.2, 0.25) is 15.9 Å². The summed E-state index contributed by atoms with van der Waals surface area (Å²) in [6, 6.07) is 0.191. The third kappa shape index (κ3) is 11.6. The minimum Gasteiger partial charge on any atom is -0.353 e. The molecule has 0 spiro atoms. The van der Waals surface area contributed by atoms with Crippen LogP contribution in [0.25, 0.3) is 0 Å². The molecule has 0 fully saturated rings. The Labute approximate surface area is 104 Å². The maximum absolute atomic E-state index is 11.3.